The molecule has 180 valence electrons. The van der Waals surface area contributed by atoms with Crippen molar-refractivity contribution < 1.29 is 23.7 Å². The third-order valence-corrected chi connectivity index (χ3v) is 6.75. The van der Waals surface area contributed by atoms with Gasteiger partial charge in [-0.05, 0) is 47.3 Å². The highest BCUT2D eigenvalue weighted by Gasteiger charge is 2.15. The van der Waals surface area contributed by atoms with Crippen LogP contribution in [0.3, 0.4) is 0 Å². The average molecular weight is 510 g/mol. The Labute approximate surface area is 210 Å². The third-order valence-electron chi connectivity index (χ3n) is 5.00. The monoisotopic (exact) mass is 509 g/mol. The molecule has 0 aliphatic rings. The van der Waals surface area contributed by atoms with E-state index >= 15 is 0 Å². The molecule has 0 atom stereocenters. The lowest BCUT2D eigenvalue weighted by atomic mass is 10.1. The fourth-order valence-corrected chi connectivity index (χ4v) is 4.67. The van der Waals surface area contributed by atoms with Crippen LogP contribution in [0.1, 0.15) is 15.2 Å². The van der Waals surface area contributed by atoms with Crippen molar-refractivity contribution in [2.75, 3.05) is 28.4 Å². The van der Waals surface area contributed by atoms with Crippen molar-refractivity contribution in [1.82, 2.24) is 4.68 Å². The van der Waals surface area contributed by atoms with Crippen LogP contribution in [0.4, 0.5) is 0 Å². The van der Waals surface area contributed by atoms with Gasteiger partial charge in [0.25, 0.3) is 0 Å². The summed E-state index contributed by atoms with van der Waals surface area (Å²) in [6.45, 7) is 0. The van der Waals surface area contributed by atoms with E-state index < -0.39 is 5.97 Å². The zero-order valence-corrected chi connectivity index (χ0v) is 21.2. The highest BCUT2D eigenvalue weighted by molar-refractivity contribution is 7.12. The number of methoxy groups -OCH3 is 3. The molecular formula is C25H23N3O5S2. The van der Waals surface area contributed by atoms with Crippen molar-refractivity contribution in [2.24, 2.45) is 10.1 Å². The fraction of sp³-hybridized carbons (Fsp3) is 0.160. The van der Waals surface area contributed by atoms with E-state index in [0.717, 1.165) is 16.8 Å². The summed E-state index contributed by atoms with van der Waals surface area (Å²) in [7, 11) is 6.46. The molecule has 0 N–H and O–H groups in total. The number of thiophene rings is 1. The van der Waals surface area contributed by atoms with E-state index in [0.29, 0.717) is 32.7 Å². The number of esters is 1. The van der Waals surface area contributed by atoms with Crippen LogP contribution in [0.25, 0.3) is 11.3 Å². The Kier molecular flexibility index (Phi) is 7.64. The van der Waals surface area contributed by atoms with Gasteiger partial charge in [0, 0.05) is 24.1 Å². The van der Waals surface area contributed by atoms with Crippen LogP contribution in [0, 0.1) is 0 Å². The molecule has 4 aromatic rings. The molecular weight excluding hydrogens is 486 g/mol. The second-order valence-electron chi connectivity index (χ2n) is 7.03. The topological polar surface area (TPSA) is 83.6 Å². The molecule has 0 amide bonds. The normalized spacial score (nSPS) is 11.6. The van der Waals surface area contributed by atoms with Gasteiger partial charge in [0.05, 0.1) is 33.2 Å². The molecule has 0 aliphatic carbocycles. The first-order chi connectivity index (χ1) is 17.1. The second-order valence-corrected chi connectivity index (χ2v) is 8.81. The largest absolute Gasteiger partial charge is 0.497 e. The van der Waals surface area contributed by atoms with Gasteiger partial charge in [-0.1, -0.05) is 6.07 Å². The number of aromatic nitrogens is 1. The average Bonchev–Trinajstić information content (AvgIpc) is 3.58. The maximum atomic E-state index is 12.3. The Hall–Kier alpha value is -3.89. The van der Waals surface area contributed by atoms with Gasteiger partial charge in [-0.3, -0.25) is 4.99 Å². The zero-order chi connectivity index (χ0) is 24.8. The molecule has 0 spiro atoms. The first-order valence-electron chi connectivity index (χ1n) is 10.4. The van der Waals surface area contributed by atoms with Gasteiger partial charge in [-0.25, -0.2) is 9.47 Å². The fourth-order valence-electron chi connectivity index (χ4n) is 3.28. The molecule has 0 bridgehead atoms. The SMILES string of the molecule is CN=c1scc(-c2ccc(OC)cc2OC)n1N=Cc1ccc(OC(=O)c2cccs2)c(OC)c1. The highest BCUT2D eigenvalue weighted by atomic mass is 32.1. The Morgan fingerprint density at radius 2 is 1.77 bits per heavy atom. The Balaban J connectivity index is 1.65. The van der Waals surface area contributed by atoms with Gasteiger partial charge in [-0.2, -0.15) is 5.10 Å². The molecule has 0 fully saturated rings. The number of carbonyl (C=O) groups excluding carboxylic acids is 1. The lowest BCUT2D eigenvalue weighted by molar-refractivity contribution is 0.0735. The number of rotatable bonds is 8. The van der Waals surface area contributed by atoms with Crippen LogP contribution >= 0.6 is 22.7 Å². The summed E-state index contributed by atoms with van der Waals surface area (Å²) in [6.07, 6.45) is 1.69. The molecule has 0 aliphatic heterocycles. The first-order valence-corrected chi connectivity index (χ1v) is 12.2. The van der Waals surface area contributed by atoms with E-state index in [-0.39, 0.29) is 0 Å². The Morgan fingerprint density at radius 1 is 0.943 bits per heavy atom. The predicted octanol–water partition coefficient (Wildman–Crippen LogP) is 4.94. The maximum absolute atomic E-state index is 12.3. The van der Waals surface area contributed by atoms with Crippen molar-refractivity contribution in [3.63, 3.8) is 0 Å². The van der Waals surface area contributed by atoms with Crippen molar-refractivity contribution in [2.45, 2.75) is 0 Å². The first kappa shape index (κ1) is 24.2. The van der Waals surface area contributed by atoms with Crippen LogP contribution < -0.4 is 23.7 Å². The molecule has 0 radical (unpaired) electrons. The Bertz CT molecular complexity index is 1420. The van der Waals surface area contributed by atoms with Gasteiger partial charge in [0.1, 0.15) is 16.4 Å². The van der Waals surface area contributed by atoms with Crippen molar-refractivity contribution >= 4 is 34.9 Å². The smallest absolute Gasteiger partial charge is 0.353 e. The van der Waals surface area contributed by atoms with Gasteiger partial charge < -0.3 is 18.9 Å². The molecule has 0 unspecified atom stereocenters. The molecule has 0 saturated heterocycles. The summed E-state index contributed by atoms with van der Waals surface area (Å²) in [5.74, 6) is 1.68. The maximum Gasteiger partial charge on any atom is 0.353 e. The summed E-state index contributed by atoms with van der Waals surface area (Å²) in [5, 5.41) is 8.46. The van der Waals surface area contributed by atoms with Gasteiger partial charge in [0.15, 0.2) is 11.5 Å². The van der Waals surface area contributed by atoms with Crippen molar-refractivity contribution in [1.29, 1.82) is 0 Å². The molecule has 10 heteroatoms. The Morgan fingerprint density at radius 3 is 2.46 bits per heavy atom. The summed E-state index contributed by atoms with van der Waals surface area (Å²) in [6, 6.07) is 14.4. The van der Waals surface area contributed by atoms with Crippen LogP contribution in [0.5, 0.6) is 23.0 Å². The lowest BCUT2D eigenvalue weighted by Crippen LogP contribution is -2.12. The zero-order valence-electron chi connectivity index (χ0n) is 19.6. The molecule has 2 heterocycles. The predicted molar refractivity (Wildman–Crippen MR) is 138 cm³/mol. The molecule has 2 aromatic carbocycles. The van der Waals surface area contributed by atoms with Gasteiger partial charge >= 0.3 is 5.97 Å². The molecule has 8 nitrogen and oxygen atoms in total. The number of thiazole rings is 1. The van der Waals surface area contributed by atoms with E-state index in [1.807, 2.05) is 29.0 Å². The molecule has 0 saturated carbocycles. The van der Waals surface area contributed by atoms with E-state index in [1.165, 1.54) is 29.8 Å². The quantitative estimate of drug-likeness (QED) is 0.191. The van der Waals surface area contributed by atoms with E-state index in [1.54, 1.807) is 62.5 Å². The van der Waals surface area contributed by atoms with Crippen molar-refractivity contribution in [3.8, 4) is 34.3 Å². The standard InChI is InChI=1S/C25H23N3O5S2/c1-26-25-28(19(15-35-25)18-9-8-17(30-2)13-21(18)31-3)27-14-16-7-10-20(22(12-16)32-4)33-24(29)23-6-5-11-34-23/h5-15H,1-4H3. The van der Waals surface area contributed by atoms with Gasteiger partial charge in [-0.15, -0.1) is 22.7 Å². The number of nitrogens with zero attached hydrogens (tertiary/aromatic N) is 3. The minimum Gasteiger partial charge on any atom is -0.497 e. The minimum absolute atomic E-state index is 0.333. The molecule has 35 heavy (non-hydrogen) atoms. The third kappa shape index (κ3) is 5.28. The minimum atomic E-state index is -0.430. The van der Waals surface area contributed by atoms with E-state index in [2.05, 4.69) is 10.1 Å². The van der Waals surface area contributed by atoms with Crippen molar-refractivity contribution in [3.05, 3.63) is 74.5 Å². The molecule has 2 aromatic heterocycles. The number of hydrogen-bond acceptors (Lipinski definition) is 9. The lowest BCUT2D eigenvalue weighted by Gasteiger charge is -2.11. The van der Waals surface area contributed by atoms with Crippen LogP contribution in [-0.4, -0.2) is 45.2 Å². The van der Waals surface area contributed by atoms with Crippen LogP contribution in [0.15, 0.2) is 69.4 Å². The summed E-state index contributed by atoms with van der Waals surface area (Å²) in [4.78, 5) is 17.9. The summed E-state index contributed by atoms with van der Waals surface area (Å²) < 4.78 is 23.6. The number of carbonyl (C=O) groups is 1. The van der Waals surface area contributed by atoms with E-state index in [9.17, 15) is 4.79 Å². The number of hydrogen-bond donors (Lipinski definition) is 0. The van der Waals surface area contributed by atoms with Crippen LogP contribution in [-0.2, 0) is 0 Å². The number of benzene rings is 2. The summed E-state index contributed by atoms with van der Waals surface area (Å²) >= 11 is 2.78. The highest BCUT2D eigenvalue weighted by Crippen LogP contribution is 2.34. The number of ether oxygens (including phenoxy) is 4. The molecule has 4 rings (SSSR count). The summed E-state index contributed by atoms with van der Waals surface area (Å²) in [5.41, 5.74) is 2.43. The van der Waals surface area contributed by atoms with Gasteiger partial charge in [0.2, 0.25) is 4.80 Å². The van der Waals surface area contributed by atoms with Crippen LogP contribution in [0.2, 0.25) is 0 Å². The second kappa shape index (κ2) is 11.0. The van der Waals surface area contributed by atoms with E-state index in [4.69, 9.17) is 18.9 Å².